The number of aryl methyl sites for hydroxylation is 1. The van der Waals surface area contributed by atoms with Crippen LogP contribution in [0.25, 0.3) is 0 Å². The van der Waals surface area contributed by atoms with Gasteiger partial charge in [-0.1, -0.05) is 0 Å². The molecule has 0 amide bonds. The van der Waals surface area contributed by atoms with Crippen molar-refractivity contribution in [2.45, 2.75) is 13.8 Å². The second-order valence-electron chi connectivity index (χ2n) is 2.65. The molecule has 0 N–H and O–H groups in total. The zero-order chi connectivity index (χ0) is 7.56. The molecule has 0 unspecified atom stereocenters. The minimum atomic E-state index is 1.13. The monoisotopic (exact) mass is 130 g/mol. The minimum absolute atomic E-state index is 1.13. The maximum atomic E-state index is 3.86. The summed E-state index contributed by atoms with van der Waals surface area (Å²) in [5.41, 5.74) is 3.65. The average molecular weight is 130 g/mol. The van der Waals surface area contributed by atoms with Gasteiger partial charge in [0.15, 0.2) is 0 Å². The van der Waals surface area contributed by atoms with E-state index in [2.05, 4.69) is 38.7 Å². The van der Waals surface area contributed by atoms with Crippen molar-refractivity contribution in [3.05, 3.63) is 35.4 Å². The first-order valence-electron chi connectivity index (χ1n) is 3.42. The summed E-state index contributed by atoms with van der Waals surface area (Å²) in [6.07, 6.45) is 0. The van der Waals surface area contributed by atoms with E-state index in [1.165, 1.54) is 11.1 Å². The molecule has 0 saturated heterocycles. The average Bonchev–Trinajstić information content (AvgIpc) is 1.88. The molecule has 50 valence electrons. The predicted octanol–water partition coefficient (Wildman–Crippen LogP) is 1.44. The molecule has 0 aliphatic carbocycles. The number of hydrogen-bond acceptors (Lipinski definition) is 0. The Bertz CT molecular complexity index is 233. The van der Waals surface area contributed by atoms with Gasteiger partial charge in [-0.05, 0) is 0 Å². The second kappa shape index (κ2) is 2.83. The Balaban J connectivity index is 3.00. The fourth-order valence-corrected chi connectivity index (χ4v) is 0.838. The van der Waals surface area contributed by atoms with Crippen LogP contribution in [-0.4, -0.2) is 13.0 Å². The standard InChI is InChI=1S/C9H11B/c1-7-3-5-9(6-4-7)8(2)10/h3-6,10H,1-2H3. The van der Waals surface area contributed by atoms with Crippen molar-refractivity contribution in [2.75, 3.05) is 0 Å². The van der Waals surface area contributed by atoms with E-state index in [9.17, 15) is 0 Å². The summed E-state index contributed by atoms with van der Waals surface area (Å²) in [6, 6.07) is 8.39. The first-order chi connectivity index (χ1) is 4.70. The Labute approximate surface area is 63.0 Å². The van der Waals surface area contributed by atoms with E-state index in [0.29, 0.717) is 0 Å². The van der Waals surface area contributed by atoms with E-state index in [1.54, 1.807) is 0 Å². The summed E-state index contributed by atoms with van der Waals surface area (Å²) in [7, 11) is 3.86. The third-order valence-electron chi connectivity index (χ3n) is 1.54. The van der Waals surface area contributed by atoms with Gasteiger partial charge in [0.2, 0.25) is 0 Å². The third-order valence-corrected chi connectivity index (χ3v) is 1.54. The van der Waals surface area contributed by atoms with Crippen LogP contribution in [-0.2, 0) is 0 Å². The Hall–Kier alpha value is -0.845. The summed E-state index contributed by atoms with van der Waals surface area (Å²) in [5.74, 6) is 0. The van der Waals surface area contributed by atoms with Crippen LogP contribution in [0.1, 0.15) is 18.1 Å². The van der Waals surface area contributed by atoms with E-state index in [-0.39, 0.29) is 0 Å². The van der Waals surface area contributed by atoms with Gasteiger partial charge in [0, 0.05) is 0 Å². The molecule has 1 heteroatoms. The van der Waals surface area contributed by atoms with Crippen LogP contribution in [0.2, 0.25) is 0 Å². The number of benzene rings is 1. The zero-order valence-corrected chi connectivity index (χ0v) is 6.52. The van der Waals surface area contributed by atoms with Crippen LogP contribution in [0.3, 0.4) is 0 Å². The van der Waals surface area contributed by atoms with Gasteiger partial charge in [0.05, 0.1) is 0 Å². The SMILES string of the molecule is B=C(C)c1ccc(C)cc1. The zero-order valence-electron chi connectivity index (χ0n) is 6.52. The summed E-state index contributed by atoms with van der Waals surface area (Å²) in [4.78, 5) is 0. The summed E-state index contributed by atoms with van der Waals surface area (Å²) >= 11 is 0. The molecule has 1 aromatic rings. The van der Waals surface area contributed by atoms with Crippen LogP contribution in [0.5, 0.6) is 0 Å². The molecule has 0 aromatic heterocycles. The van der Waals surface area contributed by atoms with Crippen LogP contribution in [0.15, 0.2) is 24.3 Å². The molecule has 0 saturated carbocycles. The fraction of sp³-hybridized carbons (Fsp3) is 0.222. The van der Waals surface area contributed by atoms with Gasteiger partial charge in [0.25, 0.3) is 0 Å². The van der Waals surface area contributed by atoms with E-state index < -0.39 is 0 Å². The molecular weight excluding hydrogens is 119 g/mol. The van der Waals surface area contributed by atoms with Crippen LogP contribution >= 0.6 is 0 Å². The molecule has 0 radical (unpaired) electrons. The Kier molecular flexibility index (Phi) is 2.05. The van der Waals surface area contributed by atoms with E-state index in [1.807, 2.05) is 6.92 Å². The summed E-state index contributed by atoms with van der Waals surface area (Å²) in [6.45, 7) is 4.10. The van der Waals surface area contributed by atoms with Gasteiger partial charge in [-0.25, -0.2) is 0 Å². The van der Waals surface area contributed by atoms with Crippen molar-refractivity contribution in [3.63, 3.8) is 0 Å². The molecule has 0 fully saturated rings. The van der Waals surface area contributed by atoms with Crippen LogP contribution in [0.4, 0.5) is 0 Å². The topological polar surface area (TPSA) is 0 Å². The van der Waals surface area contributed by atoms with Crippen molar-refractivity contribution < 1.29 is 0 Å². The Morgan fingerprint density at radius 3 is 2.10 bits per heavy atom. The molecule has 0 spiro atoms. The molecule has 0 aliphatic rings. The summed E-state index contributed by atoms with van der Waals surface area (Å²) in [5, 5.41) is 0. The van der Waals surface area contributed by atoms with Gasteiger partial charge in [0.1, 0.15) is 0 Å². The van der Waals surface area contributed by atoms with Crippen molar-refractivity contribution in [1.82, 2.24) is 0 Å². The normalized spacial score (nSPS) is 9.30. The van der Waals surface area contributed by atoms with Crippen LogP contribution in [0, 0.1) is 6.92 Å². The molecule has 0 bridgehead atoms. The molecule has 0 nitrogen and oxygen atoms in total. The molecule has 1 rings (SSSR count). The first kappa shape index (κ1) is 7.26. The van der Waals surface area contributed by atoms with Crippen molar-refractivity contribution in [2.24, 2.45) is 0 Å². The maximum absolute atomic E-state index is 3.86. The predicted molar refractivity (Wildman–Crippen MR) is 48.1 cm³/mol. The molecule has 10 heavy (non-hydrogen) atoms. The van der Waals surface area contributed by atoms with E-state index in [4.69, 9.17) is 0 Å². The quantitative estimate of drug-likeness (QED) is 0.504. The fourth-order valence-electron chi connectivity index (χ4n) is 0.838. The van der Waals surface area contributed by atoms with Gasteiger partial charge < -0.3 is 0 Å². The molecular formula is C9H11B. The van der Waals surface area contributed by atoms with Crippen molar-refractivity contribution in [3.8, 4) is 0 Å². The molecule has 1 aromatic carbocycles. The van der Waals surface area contributed by atoms with Crippen molar-refractivity contribution >= 4 is 13.0 Å². The van der Waals surface area contributed by atoms with E-state index in [0.717, 1.165) is 5.46 Å². The van der Waals surface area contributed by atoms with Gasteiger partial charge in [-0.3, -0.25) is 0 Å². The van der Waals surface area contributed by atoms with Crippen LogP contribution < -0.4 is 0 Å². The van der Waals surface area contributed by atoms with Gasteiger partial charge in [-0.2, -0.15) is 0 Å². The number of hydrogen-bond donors (Lipinski definition) is 0. The number of rotatable bonds is 1. The van der Waals surface area contributed by atoms with Crippen molar-refractivity contribution in [1.29, 1.82) is 0 Å². The third kappa shape index (κ3) is 1.57. The van der Waals surface area contributed by atoms with Gasteiger partial charge in [-0.15, -0.1) is 0 Å². The van der Waals surface area contributed by atoms with Gasteiger partial charge >= 0.3 is 62.2 Å². The molecule has 0 atom stereocenters. The summed E-state index contributed by atoms with van der Waals surface area (Å²) < 4.78 is 0. The Morgan fingerprint density at radius 2 is 1.70 bits per heavy atom. The first-order valence-corrected chi connectivity index (χ1v) is 3.42. The molecule has 0 heterocycles. The second-order valence-corrected chi connectivity index (χ2v) is 2.65. The van der Waals surface area contributed by atoms with E-state index >= 15 is 0 Å². The Morgan fingerprint density at radius 1 is 1.20 bits per heavy atom. The molecule has 0 aliphatic heterocycles.